The monoisotopic (exact) mass is 1200 g/mol. The molecule has 4 N–H and O–H groups in total. The number of benzene rings is 4. The summed E-state index contributed by atoms with van der Waals surface area (Å²) in [6.07, 6.45) is 23.1. The van der Waals surface area contributed by atoms with Gasteiger partial charge in [0.25, 0.3) is 0 Å². The smallest absolute Gasteiger partial charge is 0.165 e. The Kier molecular flexibility index (Phi) is 12.5. The largest absolute Gasteiger partial charge is 0.504 e. The molecule has 8 aliphatic heterocycles. The van der Waals surface area contributed by atoms with Gasteiger partial charge in [0, 0.05) is 98.9 Å². The molecule has 12 unspecified atom stereocenters. The van der Waals surface area contributed by atoms with Crippen LogP contribution in [0, 0.1) is 23.7 Å². The van der Waals surface area contributed by atoms with E-state index in [1.807, 2.05) is 36.4 Å². The summed E-state index contributed by atoms with van der Waals surface area (Å²) in [5.74, 6) is 7.69. The van der Waals surface area contributed by atoms with Crippen LogP contribution in [-0.2, 0) is 52.1 Å². The highest BCUT2D eigenvalue weighted by Gasteiger charge is 2.69. The number of methoxy groups -OCH3 is 4. The first kappa shape index (κ1) is 55.9. The highest BCUT2D eigenvalue weighted by molar-refractivity contribution is 5.66. The van der Waals surface area contributed by atoms with Crippen molar-refractivity contribution in [3.05, 3.63) is 142 Å². The van der Waals surface area contributed by atoms with Gasteiger partial charge in [-0.25, -0.2) is 0 Å². The number of aliphatic hydroxyl groups excluding tert-OH is 3. The molecule has 88 heavy (non-hydrogen) atoms. The highest BCUT2D eigenvalue weighted by Crippen LogP contribution is 2.67. The third kappa shape index (κ3) is 7.04. The van der Waals surface area contributed by atoms with Gasteiger partial charge in [-0.15, -0.1) is 0 Å². The van der Waals surface area contributed by atoms with Crippen molar-refractivity contribution in [1.82, 2.24) is 19.6 Å². The van der Waals surface area contributed by atoms with Gasteiger partial charge >= 0.3 is 0 Å². The Labute approximate surface area is 515 Å². The molecule has 464 valence electrons. The zero-order chi connectivity index (χ0) is 60.2. The van der Waals surface area contributed by atoms with Crippen molar-refractivity contribution in [2.24, 2.45) is 23.7 Å². The summed E-state index contributed by atoms with van der Waals surface area (Å²) in [7, 11) is 15.8. The van der Waals surface area contributed by atoms with E-state index in [4.69, 9.17) is 37.9 Å². The van der Waals surface area contributed by atoms with Crippen molar-refractivity contribution in [3.8, 4) is 46.0 Å². The first-order valence-electron chi connectivity index (χ1n) is 32.4. The summed E-state index contributed by atoms with van der Waals surface area (Å²) in [6.45, 7) is 4.23. The van der Waals surface area contributed by atoms with Crippen LogP contribution in [0.3, 0.4) is 0 Å². The van der Waals surface area contributed by atoms with E-state index in [0.29, 0.717) is 53.6 Å². The summed E-state index contributed by atoms with van der Waals surface area (Å²) in [5, 5.41) is 41.8. The molecule has 8 heterocycles. The van der Waals surface area contributed by atoms with Crippen LogP contribution in [0.25, 0.3) is 0 Å². The molecule has 0 radical (unpaired) electrons. The topological polar surface area (TPSA) is 168 Å². The lowest BCUT2D eigenvalue weighted by Gasteiger charge is -2.56. The van der Waals surface area contributed by atoms with Gasteiger partial charge in [-0.2, -0.15) is 0 Å². The lowest BCUT2D eigenvalue weighted by atomic mass is 9.53. The predicted molar refractivity (Wildman–Crippen MR) is 330 cm³/mol. The number of phenolic OH excluding ortho intramolecular Hbond substituents is 1. The van der Waals surface area contributed by atoms with Crippen LogP contribution in [0.4, 0.5) is 0 Å². The number of hydrogen-bond acceptors (Lipinski definition) is 16. The summed E-state index contributed by atoms with van der Waals surface area (Å²) < 4.78 is 47.6. The number of piperidine rings is 4. The van der Waals surface area contributed by atoms with Crippen molar-refractivity contribution in [2.45, 2.75) is 146 Å². The second kappa shape index (κ2) is 19.7. The number of aliphatic hydroxyl groups is 3. The van der Waals surface area contributed by atoms with Crippen LogP contribution in [0.15, 0.2) is 97.1 Å². The first-order chi connectivity index (χ1) is 42.7. The Hall–Kier alpha value is -6.08. The van der Waals surface area contributed by atoms with Crippen molar-refractivity contribution in [3.63, 3.8) is 0 Å². The Morgan fingerprint density at radius 3 is 1.02 bits per heavy atom. The second-order valence-corrected chi connectivity index (χ2v) is 28.5. The van der Waals surface area contributed by atoms with E-state index in [-0.39, 0.29) is 57.9 Å². The molecular weight excluding hydrogens is 1110 g/mol. The van der Waals surface area contributed by atoms with Crippen molar-refractivity contribution in [1.29, 1.82) is 0 Å². The second-order valence-electron chi connectivity index (χ2n) is 28.5. The summed E-state index contributed by atoms with van der Waals surface area (Å²) in [5.41, 5.74) is 10.4. The minimum atomic E-state index is -0.594. The molecule has 4 fully saturated rings. The maximum absolute atomic E-state index is 10.6. The summed E-state index contributed by atoms with van der Waals surface area (Å²) >= 11 is 0. The van der Waals surface area contributed by atoms with Crippen LogP contribution in [0.5, 0.6) is 46.0 Å². The maximum atomic E-state index is 10.6. The minimum Gasteiger partial charge on any atom is -0.504 e. The van der Waals surface area contributed by atoms with Gasteiger partial charge in [0.1, 0.15) is 48.8 Å². The number of ether oxygens (including phenoxy) is 8. The number of phenols is 1. The van der Waals surface area contributed by atoms with Crippen molar-refractivity contribution < 1.29 is 58.3 Å². The number of hydrogen-bond donors (Lipinski definition) is 4. The number of likely N-dealkylation sites (N-methyl/N-ethyl adjacent to an activating group) is 4. The Bertz CT molecular complexity index is 3560. The van der Waals surface area contributed by atoms with Gasteiger partial charge in [-0.1, -0.05) is 72.9 Å². The summed E-state index contributed by atoms with van der Waals surface area (Å²) in [6, 6.07) is 18.5. The molecule has 8 aliphatic carbocycles. The molecule has 0 saturated carbocycles. The number of likely N-dealkylation sites (tertiary alicyclic amines) is 4. The van der Waals surface area contributed by atoms with Crippen LogP contribution in [0.2, 0.25) is 0 Å². The number of rotatable bonds is 4. The van der Waals surface area contributed by atoms with E-state index in [1.54, 1.807) is 34.5 Å². The molecule has 4 aromatic rings. The lowest BCUT2D eigenvalue weighted by Crippen LogP contribution is -2.65. The normalized spacial score (nSPS) is 41.1. The van der Waals surface area contributed by atoms with Gasteiger partial charge in [0.15, 0.2) is 46.0 Å². The Balaban J connectivity index is 0.0000000911. The van der Waals surface area contributed by atoms with Gasteiger partial charge < -0.3 is 77.9 Å². The third-order valence-corrected chi connectivity index (χ3v) is 25.5. The number of nitrogens with zero attached hydrogens (tertiary/aromatic N) is 4. The molecule has 16 aliphatic rings. The average molecular weight is 1200 g/mol. The zero-order valence-corrected chi connectivity index (χ0v) is 51.8. The van der Waals surface area contributed by atoms with Crippen LogP contribution in [0.1, 0.15) is 70.2 Å². The van der Waals surface area contributed by atoms with E-state index in [1.165, 1.54) is 44.5 Å². The molecule has 16 heteroatoms. The molecule has 0 aromatic heterocycles. The molecule has 20 atom stereocenters. The fraction of sp³-hybridized carbons (Fsp3) is 0.556. The Morgan fingerprint density at radius 1 is 0.386 bits per heavy atom. The van der Waals surface area contributed by atoms with Crippen molar-refractivity contribution >= 4 is 0 Å². The maximum Gasteiger partial charge on any atom is 0.165 e. The van der Waals surface area contributed by atoms with Gasteiger partial charge in [-0.3, -0.25) is 0 Å². The average Bonchev–Trinajstić information content (AvgIpc) is 1.48. The molecule has 16 nitrogen and oxygen atoms in total. The Morgan fingerprint density at radius 2 is 0.682 bits per heavy atom. The van der Waals surface area contributed by atoms with Gasteiger partial charge in [0.2, 0.25) is 0 Å². The zero-order valence-electron chi connectivity index (χ0n) is 51.8. The third-order valence-electron chi connectivity index (χ3n) is 25.5. The van der Waals surface area contributed by atoms with E-state index < -0.39 is 18.3 Å². The highest BCUT2D eigenvalue weighted by atomic mass is 16.6. The quantitative estimate of drug-likeness (QED) is 0.167. The SMILES string of the molecule is CN1CCC23c4c5ccc(O)c4O[C@H]2[C@@H](O)C=CC3C1C5.COc1ccc2c3c1O[C@H]1[C@@H](O)C=CC4C(C2)N(C)CCC341.COc1ccc2c3c1O[C@H]1[C@@H](O)C=CC4C(C2)N(C)CCC341.COc1ccc2c3c1O[C@H]1[C@@H](OC)C=CC4C(C2)N(C)CCC341. The van der Waals surface area contributed by atoms with E-state index in [2.05, 4.69) is 102 Å². The lowest BCUT2D eigenvalue weighted by molar-refractivity contribution is -0.0581. The molecule has 0 amide bonds. The van der Waals surface area contributed by atoms with E-state index in [9.17, 15) is 20.4 Å². The van der Waals surface area contributed by atoms with Crippen LogP contribution >= 0.6 is 0 Å². The number of aromatic hydroxyl groups is 1. The first-order valence-corrected chi connectivity index (χ1v) is 32.4. The molecule has 20 rings (SSSR count). The predicted octanol–water partition coefficient (Wildman–Crippen LogP) is 6.36. The standard InChI is InChI=1S/C19H23NO3.2C18H21NO3.C17H19NO3/c1-20-9-8-19-12-5-7-15(22-3)18(19)23-17-14(21-2)6-4-11(16(17)19)10-13(12)20;2*1-19-8-7-18-11-4-5-13(20)17(18)22-16-14(21-2)6-3-10(15(16)18)9-12(11)19;1-18-7-6-17-10-3-5-13(20)16(17)21-15-12(19)4-2-9(14(15)17)8-11(10)18/h4-7,12-13,15,18H,8-10H2,1-3H3;2*3-6,11-13,17,20H,7-9H2,1-2H3;2-5,10-11,13,16,19-20H,6-8H2,1H3/t12?,13?,15-,18-,19?;2*11?,12?,13-,17-,18?;10?,11?,13-,16-,17?/m0000/s1. The fourth-order valence-electron chi connectivity index (χ4n) is 21.6. The van der Waals surface area contributed by atoms with Gasteiger partial charge in [-0.05, 0) is 152 Å². The van der Waals surface area contributed by atoms with Crippen molar-refractivity contribution in [2.75, 3.05) is 82.8 Å². The molecule has 8 bridgehead atoms. The summed E-state index contributed by atoms with van der Waals surface area (Å²) in [4.78, 5) is 9.90. The van der Waals surface area contributed by atoms with Crippen LogP contribution < -0.4 is 33.2 Å². The minimum absolute atomic E-state index is 0.0124. The molecule has 4 aromatic carbocycles. The van der Waals surface area contributed by atoms with E-state index >= 15 is 0 Å². The fourth-order valence-corrected chi connectivity index (χ4v) is 21.6. The van der Waals surface area contributed by atoms with Gasteiger partial charge in [0.05, 0.1) is 21.3 Å². The molecule has 4 saturated heterocycles. The molecular formula is C72H84N4O12. The van der Waals surface area contributed by atoms with E-state index in [0.717, 1.165) is 112 Å². The van der Waals surface area contributed by atoms with Crippen LogP contribution in [-0.4, -0.2) is 196 Å². The molecule has 4 spiro atoms.